The fraction of sp³-hybridized carbons (Fsp3) is 0.267. The van der Waals surface area contributed by atoms with Crippen LogP contribution in [0.3, 0.4) is 0 Å². The quantitative estimate of drug-likeness (QED) is 0.895. The zero-order chi connectivity index (χ0) is 14.0. The molecular formula is C15H16O3S. The normalized spacial score (nSPS) is 11.3. The summed E-state index contributed by atoms with van der Waals surface area (Å²) in [6.07, 6.45) is 0. The molecule has 0 bridgehead atoms. The first kappa shape index (κ1) is 13.6. The number of aromatic carboxylic acids is 1. The second-order valence-corrected chi connectivity index (χ2v) is 6.24. The zero-order valence-corrected chi connectivity index (χ0v) is 12.0. The lowest BCUT2D eigenvalue weighted by atomic mass is 9.87. The highest BCUT2D eigenvalue weighted by Gasteiger charge is 2.13. The molecule has 3 nitrogen and oxygen atoms in total. The van der Waals surface area contributed by atoms with Gasteiger partial charge in [-0.3, -0.25) is 0 Å². The van der Waals surface area contributed by atoms with Gasteiger partial charge in [0.05, 0.1) is 0 Å². The molecule has 0 atom stereocenters. The largest absolute Gasteiger partial charge is 0.477 e. The van der Waals surface area contributed by atoms with E-state index in [0.29, 0.717) is 11.5 Å². The first-order chi connectivity index (χ1) is 8.86. The maximum atomic E-state index is 10.8. The Morgan fingerprint density at radius 1 is 1.16 bits per heavy atom. The lowest BCUT2D eigenvalue weighted by Gasteiger charge is -2.19. The zero-order valence-electron chi connectivity index (χ0n) is 11.1. The van der Waals surface area contributed by atoms with Crippen LogP contribution in [-0.2, 0) is 5.41 Å². The highest BCUT2D eigenvalue weighted by Crippen LogP contribution is 2.29. The Balaban J connectivity index is 2.13. The highest BCUT2D eigenvalue weighted by molar-refractivity contribution is 7.12. The minimum Gasteiger partial charge on any atom is -0.477 e. The van der Waals surface area contributed by atoms with E-state index in [1.54, 1.807) is 5.38 Å². The van der Waals surface area contributed by atoms with Crippen LogP contribution in [0.15, 0.2) is 35.7 Å². The van der Waals surface area contributed by atoms with Gasteiger partial charge in [0.2, 0.25) is 0 Å². The van der Waals surface area contributed by atoms with Gasteiger partial charge in [-0.15, -0.1) is 11.3 Å². The average Bonchev–Trinajstić information content (AvgIpc) is 2.77. The van der Waals surface area contributed by atoms with E-state index in [-0.39, 0.29) is 10.3 Å². The predicted octanol–water partition coefficient (Wildman–Crippen LogP) is 4.54. The monoisotopic (exact) mass is 276 g/mol. The Kier molecular flexibility index (Phi) is 3.62. The molecule has 0 aliphatic heterocycles. The fourth-order valence-electron chi connectivity index (χ4n) is 1.64. The first-order valence-corrected chi connectivity index (χ1v) is 6.84. The molecule has 0 aliphatic carbocycles. The van der Waals surface area contributed by atoms with E-state index < -0.39 is 5.97 Å². The second kappa shape index (κ2) is 5.05. The molecule has 0 radical (unpaired) electrons. The molecule has 2 rings (SSSR count). The summed E-state index contributed by atoms with van der Waals surface area (Å²) in [5, 5.41) is 10.5. The first-order valence-electron chi connectivity index (χ1n) is 5.96. The smallest absolute Gasteiger partial charge is 0.346 e. The van der Waals surface area contributed by atoms with Crippen LogP contribution in [0.1, 0.15) is 36.0 Å². The molecule has 100 valence electrons. The molecule has 4 heteroatoms. The summed E-state index contributed by atoms with van der Waals surface area (Å²) in [4.78, 5) is 11.1. The van der Waals surface area contributed by atoms with Crippen molar-refractivity contribution in [3.05, 3.63) is 46.2 Å². The molecule has 1 heterocycles. The van der Waals surface area contributed by atoms with E-state index in [1.165, 1.54) is 11.6 Å². The molecular weight excluding hydrogens is 260 g/mol. The van der Waals surface area contributed by atoms with E-state index in [9.17, 15) is 4.79 Å². The third-order valence-corrected chi connectivity index (χ3v) is 3.64. The number of carboxylic acid groups (broad SMARTS) is 1. The number of ether oxygens (including phenoxy) is 1. The molecule has 0 aliphatic rings. The minimum atomic E-state index is -0.928. The number of carboxylic acids is 1. The number of hydrogen-bond donors (Lipinski definition) is 1. The van der Waals surface area contributed by atoms with Crippen molar-refractivity contribution in [2.45, 2.75) is 26.2 Å². The van der Waals surface area contributed by atoms with Gasteiger partial charge in [-0.05, 0) is 23.1 Å². The Bertz CT molecular complexity index is 576. The lowest BCUT2D eigenvalue weighted by Crippen LogP contribution is -2.10. The van der Waals surface area contributed by atoms with Gasteiger partial charge in [-0.1, -0.05) is 32.9 Å². The second-order valence-electron chi connectivity index (χ2n) is 5.33. The van der Waals surface area contributed by atoms with Crippen molar-refractivity contribution in [2.24, 2.45) is 0 Å². The Morgan fingerprint density at radius 2 is 1.79 bits per heavy atom. The van der Waals surface area contributed by atoms with Crippen molar-refractivity contribution < 1.29 is 14.6 Å². The number of hydrogen-bond acceptors (Lipinski definition) is 3. The summed E-state index contributed by atoms with van der Waals surface area (Å²) in [6, 6.07) is 9.39. The van der Waals surface area contributed by atoms with Crippen molar-refractivity contribution in [2.75, 3.05) is 0 Å². The minimum absolute atomic E-state index is 0.109. The summed E-state index contributed by atoms with van der Waals surface area (Å²) < 4.78 is 5.62. The number of carbonyl (C=O) groups is 1. The molecule has 0 saturated heterocycles. The molecule has 0 unspecified atom stereocenters. The summed E-state index contributed by atoms with van der Waals surface area (Å²) in [5.41, 5.74) is 1.34. The summed E-state index contributed by atoms with van der Waals surface area (Å²) in [6.45, 7) is 6.46. The summed E-state index contributed by atoms with van der Waals surface area (Å²) in [5.74, 6) is 0.344. The van der Waals surface area contributed by atoms with Crippen LogP contribution >= 0.6 is 11.3 Å². The maximum absolute atomic E-state index is 10.8. The van der Waals surface area contributed by atoms with Crippen molar-refractivity contribution in [1.82, 2.24) is 0 Å². The van der Waals surface area contributed by atoms with Crippen LogP contribution in [0.2, 0.25) is 0 Å². The van der Waals surface area contributed by atoms with Crippen LogP contribution in [0.5, 0.6) is 11.5 Å². The van der Waals surface area contributed by atoms with E-state index in [4.69, 9.17) is 9.84 Å². The Hall–Kier alpha value is -1.81. The van der Waals surface area contributed by atoms with Crippen molar-refractivity contribution >= 4 is 17.3 Å². The van der Waals surface area contributed by atoms with Crippen LogP contribution in [-0.4, -0.2) is 11.1 Å². The molecule has 2 aromatic rings. The van der Waals surface area contributed by atoms with Crippen LogP contribution in [0, 0.1) is 0 Å². The summed E-state index contributed by atoms with van der Waals surface area (Å²) >= 11 is 1.16. The van der Waals surface area contributed by atoms with Crippen LogP contribution in [0.4, 0.5) is 0 Å². The molecule has 1 aromatic heterocycles. The van der Waals surface area contributed by atoms with E-state index in [0.717, 1.165) is 11.3 Å². The molecule has 0 saturated carbocycles. The molecule has 1 N–H and O–H groups in total. The SMILES string of the molecule is CC(C)(C)c1ccc(Oc2csc(C(=O)O)c2)cc1. The predicted molar refractivity (Wildman–Crippen MR) is 76.5 cm³/mol. The van der Waals surface area contributed by atoms with Crippen LogP contribution in [0.25, 0.3) is 0 Å². The van der Waals surface area contributed by atoms with Crippen molar-refractivity contribution in [1.29, 1.82) is 0 Å². The van der Waals surface area contributed by atoms with E-state index in [2.05, 4.69) is 20.8 Å². The van der Waals surface area contributed by atoms with Gasteiger partial charge in [-0.25, -0.2) is 4.79 Å². The van der Waals surface area contributed by atoms with Gasteiger partial charge in [0.1, 0.15) is 16.4 Å². The molecule has 0 spiro atoms. The Labute approximate surface area is 116 Å². The van der Waals surface area contributed by atoms with Gasteiger partial charge in [0.15, 0.2) is 0 Å². The van der Waals surface area contributed by atoms with E-state index in [1.807, 2.05) is 24.3 Å². The average molecular weight is 276 g/mol. The number of benzene rings is 1. The maximum Gasteiger partial charge on any atom is 0.346 e. The molecule has 19 heavy (non-hydrogen) atoms. The molecule has 0 fully saturated rings. The van der Waals surface area contributed by atoms with Crippen LogP contribution < -0.4 is 4.74 Å². The van der Waals surface area contributed by atoms with Crippen molar-refractivity contribution in [3.8, 4) is 11.5 Å². The van der Waals surface area contributed by atoms with E-state index >= 15 is 0 Å². The third-order valence-electron chi connectivity index (χ3n) is 2.74. The van der Waals surface area contributed by atoms with Crippen molar-refractivity contribution in [3.63, 3.8) is 0 Å². The Morgan fingerprint density at radius 3 is 2.26 bits per heavy atom. The number of rotatable bonds is 3. The highest BCUT2D eigenvalue weighted by atomic mass is 32.1. The summed E-state index contributed by atoms with van der Waals surface area (Å²) in [7, 11) is 0. The van der Waals surface area contributed by atoms with Gasteiger partial charge in [0.25, 0.3) is 0 Å². The standard InChI is InChI=1S/C15H16O3S/c1-15(2,3)10-4-6-11(7-5-10)18-12-8-13(14(16)17)19-9-12/h4-9H,1-3H3,(H,16,17). The number of thiophene rings is 1. The van der Waals surface area contributed by atoms with Gasteiger partial charge < -0.3 is 9.84 Å². The fourth-order valence-corrected chi connectivity index (χ4v) is 2.29. The third kappa shape index (κ3) is 3.35. The molecule has 1 aromatic carbocycles. The lowest BCUT2D eigenvalue weighted by molar-refractivity contribution is 0.0702. The topological polar surface area (TPSA) is 46.5 Å². The molecule has 0 amide bonds. The van der Waals surface area contributed by atoms with Gasteiger partial charge >= 0.3 is 5.97 Å². The van der Waals surface area contributed by atoms with Gasteiger partial charge in [0, 0.05) is 11.4 Å². The van der Waals surface area contributed by atoms with Gasteiger partial charge in [-0.2, -0.15) is 0 Å².